The Hall–Kier alpha value is -2.70. The van der Waals surface area contributed by atoms with Gasteiger partial charge in [-0.15, -0.1) is 0 Å². The van der Waals surface area contributed by atoms with Crippen molar-refractivity contribution >= 4 is 11.8 Å². The molecule has 0 radical (unpaired) electrons. The molecule has 1 aliphatic rings. The average molecular weight is 344 g/mol. The van der Waals surface area contributed by atoms with E-state index in [1.54, 1.807) is 34.8 Å². The van der Waals surface area contributed by atoms with Gasteiger partial charge in [0.05, 0.1) is 6.20 Å². The Morgan fingerprint density at radius 3 is 2.68 bits per heavy atom. The van der Waals surface area contributed by atoms with Gasteiger partial charge in [0.15, 0.2) is 0 Å². The van der Waals surface area contributed by atoms with Crippen LogP contribution in [0.5, 0.6) is 0 Å². The second kappa shape index (κ2) is 6.66. The monoisotopic (exact) mass is 344 g/mol. The number of rotatable bonds is 4. The smallest absolute Gasteiger partial charge is 0.245 e. The number of halogens is 1. The minimum absolute atomic E-state index is 0.000996. The van der Waals surface area contributed by atoms with Crippen LogP contribution in [0.4, 0.5) is 4.39 Å². The molecule has 2 heterocycles. The zero-order chi connectivity index (χ0) is 18.1. The molecule has 1 aromatic carbocycles. The number of nitrogens with zero attached hydrogens (tertiary/aromatic N) is 4. The molecule has 2 aromatic rings. The van der Waals surface area contributed by atoms with Gasteiger partial charge in [0, 0.05) is 31.4 Å². The van der Waals surface area contributed by atoms with Crippen molar-refractivity contribution in [1.29, 1.82) is 0 Å². The third-order valence-electron chi connectivity index (χ3n) is 4.72. The van der Waals surface area contributed by atoms with Crippen molar-refractivity contribution in [2.75, 3.05) is 6.54 Å². The van der Waals surface area contributed by atoms with E-state index in [0.29, 0.717) is 12.1 Å². The number of aromatic nitrogens is 2. The third-order valence-corrected chi connectivity index (χ3v) is 4.72. The van der Waals surface area contributed by atoms with Crippen LogP contribution in [-0.2, 0) is 29.7 Å². The molecule has 0 saturated carbocycles. The lowest BCUT2D eigenvalue weighted by Crippen LogP contribution is -2.58. The van der Waals surface area contributed by atoms with E-state index in [1.165, 1.54) is 17.0 Å². The van der Waals surface area contributed by atoms with Crippen molar-refractivity contribution < 1.29 is 14.0 Å². The van der Waals surface area contributed by atoms with Crippen molar-refractivity contribution in [1.82, 2.24) is 19.6 Å². The molecule has 0 spiro atoms. The van der Waals surface area contributed by atoms with Crippen molar-refractivity contribution in [3.8, 4) is 0 Å². The fourth-order valence-corrected chi connectivity index (χ4v) is 3.04. The highest BCUT2D eigenvalue weighted by atomic mass is 19.1. The number of aryl methyl sites for hydroxylation is 1. The topological polar surface area (TPSA) is 58.4 Å². The molecule has 7 heteroatoms. The number of piperazine rings is 1. The lowest BCUT2D eigenvalue weighted by molar-refractivity contribution is -0.156. The van der Waals surface area contributed by atoms with Crippen LogP contribution in [0.15, 0.2) is 30.5 Å². The van der Waals surface area contributed by atoms with Gasteiger partial charge in [-0.2, -0.15) is 5.10 Å². The predicted molar refractivity (Wildman–Crippen MR) is 89.8 cm³/mol. The van der Waals surface area contributed by atoms with Gasteiger partial charge in [0.2, 0.25) is 11.8 Å². The molecule has 0 bridgehead atoms. The van der Waals surface area contributed by atoms with Crippen LogP contribution in [0.3, 0.4) is 0 Å². The van der Waals surface area contributed by atoms with Gasteiger partial charge in [-0.05, 0) is 31.5 Å². The molecular weight excluding hydrogens is 323 g/mol. The highest BCUT2D eigenvalue weighted by Crippen LogP contribution is 2.19. The predicted octanol–water partition coefficient (Wildman–Crippen LogP) is 1.63. The van der Waals surface area contributed by atoms with Gasteiger partial charge in [-0.3, -0.25) is 14.3 Å². The van der Waals surface area contributed by atoms with Crippen molar-refractivity contribution in [2.24, 2.45) is 7.05 Å². The van der Waals surface area contributed by atoms with Gasteiger partial charge in [0.25, 0.3) is 0 Å². The Morgan fingerprint density at radius 2 is 2.04 bits per heavy atom. The Balaban J connectivity index is 1.74. The van der Waals surface area contributed by atoms with Gasteiger partial charge in [-0.1, -0.05) is 12.1 Å². The Kier molecular flexibility index (Phi) is 4.57. The highest BCUT2D eigenvalue weighted by molar-refractivity contribution is 5.94. The molecule has 0 aliphatic carbocycles. The second-order valence-corrected chi connectivity index (χ2v) is 6.40. The van der Waals surface area contributed by atoms with Gasteiger partial charge < -0.3 is 9.80 Å². The van der Waals surface area contributed by atoms with Crippen molar-refractivity contribution in [3.05, 3.63) is 53.1 Å². The molecule has 1 atom stereocenters. The summed E-state index contributed by atoms with van der Waals surface area (Å²) in [6.07, 6.45) is 1.72. The molecule has 132 valence electrons. The first-order valence-electron chi connectivity index (χ1n) is 8.17. The van der Waals surface area contributed by atoms with Gasteiger partial charge in [-0.25, -0.2) is 4.39 Å². The minimum atomic E-state index is -0.561. The Bertz CT molecular complexity index is 817. The van der Waals surface area contributed by atoms with Gasteiger partial charge in [0.1, 0.15) is 18.4 Å². The number of hydrogen-bond acceptors (Lipinski definition) is 3. The molecule has 1 aromatic heterocycles. The number of benzene rings is 1. The third kappa shape index (κ3) is 3.40. The fraction of sp³-hybridized carbons (Fsp3) is 0.389. The summed E-state index contributed by atoms with van der Waals surface area (Å²) >= 11 is 0. The van der Waals surface area contributed by atoms with E-state index in [4.69, 9.17) is 0 Å². The maximum atomic E-state index is 13.3. The quantitative estimate of drug-likeness (QED) is 0.847. The van der Waals surface area contributed by atoms with E-state index >= 15 is 0 Å². The standard InChI is InChI=1S/C18H21FN4O2/c1-12-15(8-20-21(12)3)10-23-13(2)18(25)22(11-17(23)24)9-14-5-4-6-16(19)7-14/h4-8,13H,9-11H2,1-3H3/t13-/m0/s1. The molecule has 0 unspecified atom stereocenters. The summed E-state index contributed by atoms with van der Waals surface area (Å²) in [7, 11) is 1.84. The lowest BCUT2D eigenvalue weighted by atomic mass is 10.1. The van der Waals surface area contributed by atoms with E-state index in [9.17, 15) is 14.0 Å². The largest absolute Gasteiger partial charge is 0.327 e. The van der Waals surface area contributed by atoms with E-state index < -0.39 is 6.04 Å². The van der Waals surface area contributed by atoms with E-state index in [-0.39, 0.29) is 30.7 Å². The molecule has 1 fully saturated rings. The molecule has 25 heavy (non-hydrogen) atoms. The lowest BCUT2D eigenvalue weighted by Gasteiger charge is -2.38. The highest BCUT2D eigenvalue weighted by Gasteiger charge is 2.36. The average Bonchev–Trinajstić information content (AvgIpc) is 2.88. The molecular formula is C18H21FN4O2. The summed E-state index contributed by atoms with van der Waals surface area (Å²) in [6, 6.07) is 5.52. The van der Waals surface area contributed by atoms with Crippen LogP contribution >= 0.6 is 0 Å². The summed E-state index contributed by atoms with van der Waals surface area (Å²) in [5, 5.41) is 4.18. The summed E-state index contributed by atoms with van der Waals surface area (Å²) in [4.78, 5) is 28.3. The number of hydrogen-bond donors (Lipinski definition) is 0. The van der Waals surface area contributed by atoms with Gasteiger partial charge >= 0.3 is 0 Å². The Labute approximate surface area is 145 Å². The van der Waals surface area contributed by atoms with Crippen LogP contribution in [0.2, 0.25) is 0 Å². The number of amides is 2. The van der Waals surface area contributed by atoms with E-state index in [2.05, 4.69) is 5.10 Å². The molecule has 0 N–H and O–H groups in total. The molecule has 6 nitrogen and oxygen atoms in total. The second-order valence-electron chi connectivity index (χ2n) is 6.40. The van der Waals surface area contributed by atoms with Crippen LogP contribution < -0.4 is 0 Å². The Morgan fingerprint density at radius 1 is 1.28 bits per heavy atom. The maximum absolute atomic E-state index is 13.3. The SMILES string of the molecule is Cc1c(CN2C(=O)CN(Cc3cccc(F)c3)C(=O)[C@@H]2C)cnn1C. The minimum Gasteiger partial charge on any atom is -0.327 e. The van der Waals surface area contributed by atoms with Crippen LogP contribution in [0, 0.1) is 12.7 Å². The maximum Gasteiger partial charge on any atom is 0.245 e. The normalized spacial score (nSPS) is 18.2. The molecule has 1 saturated heterocycles. The molecule has 1 aliphatic heterocycles. The fourth-order valence-electron chi connectivity index (χ4n) is 3.04. The molecule has 2 amide bonds. The summed E-state index contributed by atoms with van der Waals surface area (Å²) < 4.78 is 15.1. The number of carbonyl (C=O) groups is 2. The first kappa shape index (κ1) is 17.1. The summed E-state index contributed by atoms with van der Waals surface area (Å²) in [5.74, 6) is -0.604. The first-order valence-corrected chi connectivity index (χ1v) is 8.17. The zero-order valence-electron chi connectivity index (χ0n) is 14.6. The summed E-state index contributed by atoms with van der Waals surface area (Å²) in [6.45, 7) is 4.24. The van der Waals surface area contributed by atoms with Crippen molar-refractivity contribution in [2.45, 2.75) is 33.0 Å². The summed E-state index contributed by atoms with van der Waals surface area (Å²) in [5.41, 5.74) is 2.56. The number of carbonyl (C=O) groups excluding carboxylic acids is 2. The van der Waals surface area contributed by atoms with Crippen molar-refractivity contribution in [3.63, 3.8) is 0 Å². The van der Waals surface area contributed by atoms with Crippen LogP contribution in [0.1, 0.15) is 23.7 Å². The molecule has 3 rings (SSSR count). The van der Waals surface area contributed by atoms with E-state index in [1.807, 2.05) is 14.0 Å². The van der Waals surface area contributed by atoms with Crippen LogP contribution in [-0.4, -0.2) is 44.0 Å². The van der Waals surface area contributed by atoms with Crippen LogP contribution in [0.25, 0.3) is 0 Å². The zero-order valence-corrected chi connectivity index (χ0v) is 14.6. The first-order chi connectivity index (χ1) is 11.9. The van der Waals surface area contributed by atoms with E-state index in [0.717, 1.165) is 11.3 Å².